The number of benzene rings is 1. The van der Waals surface area contributed by atoms with Gasteiger partial charge in [-0.25, -0.2) is 18.7 Å². The molecule has 32 heavy (non-hydrogen) atoms. The maximum Gasteiger partial charge on any atom is 0.326 e. The van der Waals surface area contributed by atoms with Crippen LogP contribution in [0.1, 0.15) is 18.7 Å². The minimum absolute atomic E-state index is 0.0394. The van der Waals surface area contributed by atoms with Gasteiger partial charge in [-0.1, -0.05) is 0 Å². The third-order valence-corrected chi connectivity index (χ3v) is 5.58. The Morgan fingerprint density at radius 1 is 1.22 bits per heavy atom. The summed E-state index contributed by atoms with van der Waals surface area (Å²) in [6.45, 7) is 2.97. The van der Waals surface area contributed by atoms with E-state index < -0.39 is 11.6 Å². The standard InChI is InChI=1S/C21H22F2N8O/c1-10-26-7-12(8-27-10)32-21-29-19-16(20(30-21)31-5-3-4-11(24)9-31)15-17(23)13(22)6-14(25-2)18(15)28-19/h6-8,11,25H,3-5,9,24H2,1-2H3,(H,28,29,30). The van der Waals surface area contributed by atoms with Crippen LogP contribution in [-0.4, -0.2) is 51.1 Å². The van der Waals surface area contributed by atoms with E-state index in [0.717, 1.165) is 18.9 Å². The molecule has 9 nitrogen and oxygen atoms in total. The number of piperidine rings is 1. The number of hydrogen-bond donors (Lipinski definition) is 3. The summed E-state index contributed by atoms with van der Waals surface area (Å²) in [4.78, 5) is 22.3. The summed E-state index contributed by atoms with van der Waals surface area (Å²) in [5, 5.41) is 3.37. The molecule has 1 saturated heterocycles. The minimum atomic E-state index is -0.961. The van der Waals surface area contributed by atoms with Crippen LogP contribution in [0.15, 0.2) is 18.5 Å². The van der Waals surface area contributed by atoms with Crippen LogP contribution in [-0.2, 0) is 0 Å². The Labute approximate surface area is 182 Å². The summed E-state index contributed by atoms with van der Waals surface area (Å²) >= 11 is 0. The topological polar surface area (TPSA) is 118 Å². The van der Waals surface area contributed by atoms with Crippen molar-refractivity contribution in [1.29, 1.82) is 0 Å². The number of fused-ring (bicyclic) bond motifs is 3. The fraction of sp³-hybridized carbons (Fsp3) is 0.333. The lowest BCUT2D eigenvalue weighted by atomic mass is 10.1. The van der Waals surface area contributed by atoms with E-state index in [2.05, 4.69) is 30.2 Å². The van der Waals surface area contributed by atoms with E-state index >= 15 is 4.39 Å². The first-order valence-electron chi connectivity index (χ1n) is 10.3. The first-order chi connectivity index (χ1) is 15.4. The zero-order chi connectivity index (χ0) is 22.4. The molecule has 1 aliphatic rings. The Kier molecular flexibility index (Phi) is 4.97. The van der Waals surface area contributed by atoms with E-state index in [4.69, 9.17) is 10.5 Å². The van der Waals surface area contributed by atoms with Gasteiger partial charge in [-0.15, -0.1) is 0 Å². The molecular formula is C21H22F2N8O. The smallest absolute Gasteiger partial charge is 0.326 e. The third kappa shape index (κ3) is 3.44. The number of nitrogens with one attached hydrogen (secondary N) is 2. The van der Waals surface area contributed by atoms with Crippen LogP contribution in [0.2, 0.25) is 0 Å². The largest absolute Gasteiger partial charge is 0.421 e. The highest BCUT2D eigenvalue weighted by Crippen LogP contribution is 2.39. The number of aromatic amines is 1. The number of hydrogen-bond acceptors (Lipinski definition) is 8. The van der Waals surface area contributed by atoms with E-state index in [9.17, 15) is 4.39 Å². The van der Waals surface area contributed by atoms with Gasteiger partial charge in [0.2, 0.25) is 0 Å². The predicted octanol–water partition coefficient (Wildman–Crippen LogP) is 3.25. The lowest BCUT2D eigenvalue weighted by molar-refractivity contribution is 0.436. The van der Waals surface area contributed by atoms with E-state index in [0.29, 0.717) is 52.7 Å². The maximum absolute atomic E-state index is 15.0. The normalized spacial score (nSPS) is 16.7. The first kappa shape index (κ1) is 20.3. The Hall–Kier alpha value is -3.60. The zero-order valence-electron chi connectivity index (χ0n) is 17.6. The molecule has 4 aromatic rings. The van der Waals surface area contributed by atoms with Crippen molar-refractivity contribution in [2.75, 3.05) is 30.4 Å². The molecule has 1 unspecified atom stereocenters. The molecule has 0 bridgehead atoms. The van der Waals surface area contributed by atoms with Crippen molar-refractivity contribution in [3.8, 4) is 11.8 Å². The van der Waals surface area contributed by atoms with Crippen molar-refractivity contribution < 1.29 is 13.5 Å². The molecule has 11 heteroatoms. The van der Waals surface area contributed by atoms with Crippen molar-refractivity contribution in [2.45, 2.75) is 25.8 Å². The molecule has 5 rings (SSSR count). The molecule has 1 aromatic carbocycles. The number of halogens is 2. The summed E-state index contributed by atoms with van der Waals surface area (Å²) in [6, 6.07) is 1.10. The van der Waals surface area contributed by atoms with E-state index in [1.165, 1.54) is 12.4 Å². The number of nitrogens with zero attached hydrogens (tertiary/aromatic N) is 5. The van der Waals surface area contributed by atoms with Crippen LogP contribution < -0.4 is 20.7 Å². The van der Waals surface area contributed by atoms with Crippen LogP contribution in [0.5, 0.6) is 11.8 Å². The number of rotatable bonds is 4. The van der Waals surface area contributed by atoms with Crippen LogP contribution in [0.4, 0.5) is 20.3 Å². The second-order valence-electron chi connectivity index (χ2n) is 7.81. The van der Waals surface area contributed by atoms with Crippen LogP contribution in [0.3, 0.4) is 0 Å². The second-order valence-corrected chi connectivity index (χ2v) is 7.81. The van der Waals surface area contributed by atoms with Gasteiger partial charge in [-0.05, 0) is 19.8 Å². The molecule has 0 amide bonds. The van der Waals surface area contributed by atoms with Crippen molar-refractivity contribution in [3.05, 3.63) is 35.9 Å². The molecule has 0 radical (unpaired) electrons. The average Bonchev–Trinajstić information content (AvgIpc) is 3.17. The van der Waals surface area contributed by atoms with Gasteiger partial charge in [0.1, 0.15) is 17.3 Å². The summed E-state index contributed by atoms with van der Waals surface area (Å²) in [5.41, 5.74) is 7.32. The highest BCUT2D eigenvalue weighted by atomic mass is 19.2. The molecule has 3 aromatic heterocycles. The van der Waals surface area contributed by atoms with E-state index in [1.54, 1.807) is 14.0 Å². The molecular weight excluding hydrogens is 418 g/mol. The van der Waals surface area contributed by atoms with Gasteiger partial charge in [0.25, 0.3) is 0 Å². The summed E-state index contributed by atoms with van der Waals surface area (Å²) in [7, 11) is 1.64. The SMILES string of the molecule is CNc1cc(F)c(F)c2c1[nH]c1nc(Oc3cnc(C)nc3)nc(N3CCCC(N)C3)c12. The first-order valence-corrected chi connectivity index (χ1v) is 10.3. The van der Waals surface area contributed by atoms with Gasteiger partial charge in [0.15, 0.2) is 17.4 Å². The van der Waals surface area contributed by atoms with Crippen molar-refractivity contribution in [1.82, 2.24) is 24.9 Å². The second kappa shape index (κ2) is 7.83. The Morgan fingerprint density at radius 3 is 2.72 bits per heavy atom. The highest BCUT2D eigenvalue weighted by molar-refractivity contribution is 6.15. The van der Waals surface area contributed by atoms with Gasteiger partial charge in [0, 0.05) is 32.2 Å². The summed E-state index contributed by atoms with van der Waals surface area (Å²) in [6.07, 6.45) is 4.78. The maximum atomic E-state index is 15.0. The number of ether oxygens (including phenoxy) is 1. The molecule has 1 atom stereocenters. The fourth-order valence-corrected chi connectivity index (χ4v) is 4.07. The highest BCUT2D eigenvalue weighted by Gasteiger charge is 2.27. The quantitative estimate of drug-likeness (QED) is 0.443. The van der Waals surface area contributed by atoms with Gasteiger partial charge in [0.05, 0.1) is 34.4 Å². The van der Waals surface area contributed by atoms with Crippen molar-refractivity contribution in [2.24, 2.45) is 5.73 Å². The molecule has 166 valence electrons. The zero-order valence-corrected chi connectivity index (χ0v) is 17.6. The fourth-order valence-electron chi connectivity index (χ4n) is 4.07. The third-order valence-electron chi connectivity index (χ3n) is 5.58. The molecule has 1 fully saturated rings. The Balaban J connectivity index is 1.75. The number of nitrogens with two attached hydrogens (primary N) is 1. The van der Waals surface area contributed by atoms with Gasteiger partial charge in [-0.2, -0.15) is 9.97 Å². The lowest BCUT2D eigenvalue weighted by Gasteiger charge is -2.32. The number of H-pyrrole nitrogens is 1. The lowest BCUT2D eigenvalue weighted by Crippen LogP contribution is -2.43. The molecule has 0 aliphatic carbocycles. The monoisotopic (exact) mass is 440 g/mol. The van der Waals surface area contributed by atoms with Gasteiger partial charge in [-0.3, -0.25) is 0 Å². The van der Waals surface area contributed by atoms with Gasteiger partial charge < -0.3 is 25.7 Å². The van der Waals surface area contributed by atoms with E-state index in [1.807, 2.05) is 4.90 Å². The van der Waals surface area contributed by atoms with Crippen molar-refractivity contribution >= 4 is 33.4 Å². The molecule has 0 spiro atoms. The molecule has 1 aliphatic heterocycles. The molecule has 0 saturated carbocycles. The number of anilines is 2. The van der Waals surface area contributed by atoms with Crippen LogP contribution in [0, 0.1) is 18.6 Å². The predicted molar refractivity (Wildman–Crippen MR) is 117 cm³/mol. The van der Waals surface area contributed by atoms with Gasteiger partial charge >= 0.3 is 6.01 Å². The molecule has 4 N–H and O–H groups in total. The Bertz CT molecular complexity index is 1310. The minimum Gasteiger partial charge on any atom is -0.421 e. The van der Waals surface area contributed by atoms with Crippen LogP contribution >= 0.6 is 0 Å². The van der Waals surface area contributed by atoms with E-state index in [-0.39, 0.29) is 17.4 Å². The Morgan fingerprint density at radius 2 is 2.00 bits per heavy atom. The molecule has 4 heterocycles. The average molecular weight is 440 g/mol. The number of aromatic nitrogens is 5. The van der Waals surface area contributed by atoms with Crippen molar-refractivity contribution in [3.63, 3.8) is 0 Å². The van der Waals surface area contributed by atoms with Crippen LogP contribution in [0.25, 0.3) is 21.9 Å². The summed E-state index contributed by atoms with van der Waals surface area (Å²) < 4.78 is 35.2. The summed E-state index contributed by atoms with van der Waals surface area (Å²) in [5.74, 6) is -0.519. The number of aryl methyl sites for hydroxylation is 1.